The van der Waals surface area contributed by atoms with Crippen LogP contribution in [0.3, 0.4) is 0 Å². The third kappa shape index (κ3) is 15.4. The molecule has 1 aromatic carbocycles. The molecule has 0 aliphatic rings. The molecule has 0 saturated carbocycles. The summed E-state index contributed by atoms with van der Waals surface area (Å²) in [6.07, 6.45) is 12.0. The monoisotopic (exact) mass is 462 g/mol. The molecule has 0 aromatic heterocycles. The number of hydrogen-bond acceptors (Lipinski definition) is 5. The van der Waals surface area contributed by atoms with Gasteiger partial charge in [0.1, 0.15) is 11.8 Å². The molecule has 0 aliphatic heterocycles. The molecule has 0 unspecified atom stereocenters. The highest BCUT2D eigenvalue weighted by atomic mass is 16.3. The number of carbonyl (C=O) groups is 2. The maximum absolute atomic E-state index is 12.7. The highest BCUT2D eigenvalue weighted by Crippen LogP contribution is 2.12. The highest BCUT2D eigenvalue weighted by Gasteiger charge is 2.20. The second-order valence-corrected chi connectivity index (χ2v) is 8.75. The molecular formula is C26H46N4O3. The highest BCUT2D eigenvalue weighted by molar-refractivity contribution is 5.87. The second-order valence-electron chi connectivity index (χ2n) is 8.75. The number of unbranched alkanes of at least 4 members (excludes halogenated alkanes) is 7. The van der Waals surface area contributed by atoms with Crippen LogP contribution in [0.1, 0.15) is 83.1 Å². The summed E-state index contributed by atoms with van der Waals surface area (Å²) in [6, 6.07) is 6.14. The average Bonchev–Trinajstić information content (AvgIpc) is 2.80. The lowest BCUT2D eigenvalue weighted by atomic mass is 10.0. The molecule has 7 heteroatoms. The molecule has 0 radical (unpaired) electrons. The summed E-state index contributed by atoms with van der Waals surface area (Å²) < 4.78 is 0. The summed E-state index contributed by atoms with van der Waals surface area (Å²) in [4.78, 5) is 24.7. The molecule has 6 N–H and O–H groups in total. The van der Waals surface area contributed by atoms with Crippen LogP contribution in [0.2, 0.25) is 0 Å². The maximum atomic E-state index is 12.7. The molecule has 7 nitrogen and oxygen atoms in total. The van der Waals surface area contributed by atoms with Crippen LogP contribution in [-0.2, 0) is 16.0 Å². The molecule has 1 aromatic rings. The lowest BCUT2D eigenvalue weighted by molar-refractivity contribution is -0.129. The zero-order valence-electron chi connectivity index (χ0n) is 20.5. The number of rotatable bonds is 20. The van der Waals surface area contributed by atoms with E-state index in [2.05, 4.69) is 16.0 Å². The molecule has 0 spiro atoms. The second kappa shape index (κ2) is 19.4. The van der Waals surface area contributed by atoms with E-state index >= 15 is 0 Å². The number of phenols is 1. The number of hydrogen-bond donors (Lipinski definition) is 5. The van der Waals surface area contributed by atoms with Crippen molar-refractivity contribution in [1.29, 1.82) is 0 Å². The van der Waals surface area contributed by atoms with E-state index in [1.807, 2.05) is 6.92 Å². The molecule has 0 saturated heterocycles. The van der Waals surface area contributed by atoms with Crippen LogP contribution >= 0.6 is 0 Å². The van der Waals surface area contributed by atoms with E-state index < -0.39 is 6.04 Å². The third-order valence-electron chi connectivity index (χ3n) is 5.64. The summed E-state index contributed by atoms with van der Waals surface area (Å²) in [5.41, 5.74) is 6.39. The van der Waals surface area contributed by atoms with Crippen LogP contribution in [0.15, 0.2) is 24.3 Å². The zero-order chi connectivity index (χ0) is 24.2. The summed E-state index contributed by atoms with van der Waals surface area (Å²) in [6.45, 7) is 5.53. The number of carbonyl (C=O) groups excluding carboxylic acids is 2. The van der Waals surface area contributed by atoms with Crippen LogP contribution < -0.4 is 21.7 Å². The lowest BCUT2D eigenvalue weighted by Gasteiger charge is -2.19. The van der Waals surface area contributed by atoms with Gasteiger partial charge in [0.2, 0.25) is 11.8 Å². The normalized spacial score (nSPS) is 11.8. The summed E-state index contributed by atoms with van der Waals surface area (Å²) >= 11 is 0. The van der Waals surface area contributed by atoms with E-state index in [0.29, 0.717) is 19.4 Å². The smallest absolute Gasteiger partial charge is 0.242 e. The van der Waals surface area contributed by atoms with E-state index in [-0.39, 0.29) is 17.6 Å². The van der Waals surface area contributed by atoms with E-state index in [0.717, 1.165) is 57.3 Å². The molecule has 0 fully saturated rings. The van der Waals surface area contributed by atoms with E-state index in [1.54, 1.807) is 24.3 Å². The van der Waals surface area contributed by atoms with E-state index in [1.165, 1.54) is 32.1 Å². The standard InChI is InChI=1S/C26H46N4O3/c1-2-12-25(32)30-24(21-22-13-15-23(31)16-14-22)26(33)29-20-11-6-3-5-9-18-28-19-10-7-4-8-17-27/h13-16,24,28,31H,2-12,17-21,27H2,1H3,(H,29,33)(H,30,32)/t24-/m0/s1. The topological polar surface area (TPSA) is 116 Å². The number of phenolic OH excluding ortho intramolecular Hbond substituents is 1. The van der Waals surface area contributed by atoms with Gasteiger partial charge in [0.25, 0.3) is 0 Å². The molecule has 0 aliphatic carbocycles. The van der Waals surface area contributed by atoms with Gasteiger partial charge in [0.05, 0.1) is 0 Å². The van der Waals surface area contributed by atoms with Crippen molar-refractivity contribution in [2.75, 3.05) is 26.2 Å². The Hall–Kier alpha value is -2.12. The van der Waals surface area contributed by atoms with E-state index in [9.17, 15) is 14.7 Å². The Morgan fingerprint density at radius 3 is 2.06 bits per heavy atom. The average molecular weight is 463 g/mol. The fourth-order valence-corrected chi connectivity index (χ4v) is 3.68. The van der Waals surface area contributed by atoms with Crippen molar-refractivity contribution in [2.24, 2.45) is 5.73 Å². The van der Waals surface area contributed by atoms with E-state index in [4.69, 9.17) is 5.73 Å². The zero-order valence-corrected chi connectivity index (χ0v) is 20.5. The molecule has 1 rings (SSSR count). The number of benzene rings is 1. The van der Waals surface area contributed by atoms with Crippen LogP contribution in [0.25, 0.3) is 0 Å². The van der Waals surface area contributed by atoms with Gasteiger partial charge in [-0.2, -0.15) is 0 Å². The van der Waals surface area contributed by atoms with Gasteiger partial charge >= 0.3 is 0 Å². The minimum absolute atomic E-state index is 0.111. The predicted octanol–water partition coefficient (Wildman–Crippen LogP) is 3.40. The van der Waals surface area contributed by atoms with Gasteiger partial charge in [-0.15, -0.1) is 0 Å². The van der Waals surface area contributed by atoms with Gasteiger partial charge < -0.3 is 26.8 Å². The third-order valence-corrected chi connectivity index (χ3v) is 5.64. The van der Waals surface area contributed by atoms with Gasteiger partial charge in [-0.05, 0) is 69.4 Å². The fourth-order valence-electron chi connectivity index (χ4n) is 3.68. The van der Waals surface area contributed by atoms with Crippen molar-refractivity contribution < 1.29 is 14.7 Å². The lowest BCUT2D eigenvalue weighted by Crippen LogP contribution is -2.48. The summed E-state index contributed by atoms with van der Waals surface area (Å²) in [5.74, 6) is -0.0762. The molecular weight excluding hydrogens is 416 g/mol. The first-order chi connectivity index (χ1) is 16.1. The fraction of sp³-hybridized carbons (Fsp3) is 0.692. The van der Waals surface area contributed by atoms with Gasteiger partial charge in [-0.25, -0.2) is 0 Å². The summed E-state index contributed by atoms with van der Waals surface area (Å²) in [7, 11) is 0. The quantitative estimate of drug-likeness (QED) is 0.190. The van der Waals surface area contributed by atoms with Gasteiger partial charge in [0, 0.05) is 19.4 Å². The van der Waals surface area contributed by atoms with Crippen molar-refractivity contribution in [2.45, 2.75) is 90.0 Å². The Morgan fingerprint density at radius 1 is 0.879 bits per heavy atom. The predicted molar refractivity (Wildman–Crippen MR) is 135 cm³/mol. The SMILES string of the molecule is CCCC(=O)N[C@@H](Cc1ccc(O)cc1)C(=O)NCCCCCCCNCCCCCCN. The van der Waals surface area contributed by atoms with Crippen molar-refractivity contribution in [3.8, 4) is 5.75 Å². The molecule has 1 atom stereocenters. The summed E-state index contributed by atoms with van der Waals surface area (Å²) in [5, 5.41) is 18.8. The van der Waals surface area contributed by atoms with Crippen LogP contribution in [0.5, 0.6) is 5.75 Å². The number of nitrogens with two attached hydrogens (primary N) is 1. The van der Waals surface area contributed by atoms with Crippen molar-refractivity contribution in [3.05, 3.63) is 29.8 Å². The first-order valence-electron chi connectivity index (χ1n) is 12.8. The first-order valence-corrected chi connectivity index (χ1v) is 12.8. The Kier molecular flexibility index (Phi) is 17.0. The van der Waals surface area contributed by atoms with Crippen molar-refractivity contribution >= 4 is 11.8 Å². The Morgan fingerprint density at radius 2 is 1.45 bits per heavy atom. The molecule has 188 valence electrons. The van der Waals surface area contributed by atoms with Gasteiger partial charge in [-0.1, -0.05) is 51.2 Å². The van der Waals surface area contributed by atoms with Crippen molar-refractivity contribution in [3.63, 3.8) is 0 Å². The molecule has 2 amide bonds. The number of nitrogens with one attached hydrogen (secondary N) is 3. The van der Waals surface area contributed by atoms with Crippen LogP contribution in [-0.4, -0.2) is 49.1 Å². The Bertz CT molecular complexity index is 637. The minimum Gasteiger partial charge on any atom is -0.508 e. The van der Waals surface area contributed by atoms with Gasteiger partial charge in [-0.3, -0.25) is 9.59 Å². The van der Waals surface area contributed by atoms with Crippen LogP contribution in [0.4, 0.5) is 0 Å². The largest absolute Gasteiger partial charge is 0.508 e. The maximum Gasteiger partial charge on any atom is 0.242 e. The van der Waals surface area contributed by atoms with Gasteiger partial charge in [0.15, 0.2) is 0 Å². The van der Waals surface area contributed by atoms with Crippen LogP contribution in [0, 0.1) is 0 Å². The minimum atomic E-state index is -0.602. The Labute approximate surface area is 200 Å². The molecule has 0 bridgehead atoms. The first kappa shape index (κ1) is 28.9. The Balaban J connectivity index is 2.18. The molecule has 0 heterocycles. The number of aromatic hydroxyl groups is 1. The number of amides is 2. The van der Waals surface area contributed by atoms with Crippen molar-refractivity contribution in [1.82, 2.24) is 16.0 Å². The molecule has 33 heavy (non-hydrogen) atoms.